The van der Waals surface area contributed by atoms with Crippen LogP contribution in [0.3, 0.4) is 0 Å². The van der Waals surface area contributed by atoms with Crippen LogP contribution in [0.15, 0.2) is 30.6 Å². The fraction of sp³-hybridized carbons (Fsp3) is 0.462. The molecule has 1 fully saturated rings. The summed E-state index contributed by atoms with van der Waals surface area (Å²) in [4.78, 5) is 4.32. The van der Waals surface area contributed by atoms with Gasteiger partial charge in [0, 0.05) is 18.1 Å². The first kappa shape index (κ1) is 9.85. The summed E-state index contributed by atoms with van der Waals surface area (Å²) in [5, 5.41) is 3.47. The number of nitrogens with zero attached hydrogens (tertiary/aromatic N) is 2. The maximum Gasteiger partial charge on any atom is 0.136 e. The van der Waals surface area contributed by atoms with E-state index in [1.807, 2.05) is 6.20 Å². The Kier molecular flexibility index (Phi) is 2.62. The lowest BCUT2D eigenvalue weighted by Crippen LogP contribution is -2.31. The Morgan fingerprint density at radius 2 is 2.44 bits per heavy atom. The number of aromatic nitrogens is 2. The monoisotopic (exact) mass is 215 g/mol. The molecule has 3 heterocycles. The third kappa shape index (κ3) is 1.83. The molecule has 0 amide bonds. The number of nitrogens with one attached hydrogen (secondary N) is 1. The van der Waals surface area contributed by atoms with Crippen molar-refractivity contribution in [1.82, 2.24) is 14.7 Å². The largest absolute Gasteiger partial charge is 0.316 e. The first-order valence-electron chi connectivity index (χ1n) is 6.05. The zero-order chi connectivity index (χ0) is 10.8. The predicted octanol–water partition coefficient (Wildman–Crippen LogP) is 1.88. The van der Waals surface area contributed by atoms with Crippen LogP contribution >= 0.6 is 0 Å². The maximum absolute atomic E-state index is 4.32. The molecule has 1 unspecified atom stereocenters. The SMILES string of the molecule is c1cc(CC2CCCNC2)n2ccnc2c1. The molecule has 16 heavy (non-hydrogen) atoms. The van der Waals surface area contributed by atoms with Crippen LogP contribution in [0.5, 0.6) is 0 Å². The van der Waals surface area contributed by atoms with Gasteiger partial charge >= 0.3 is 0 Å². The third-order valence-electron chi connectivity index (χ3n) is 3.41. The first-order valence-corrected chi connectivity index (χ1v) is 6.05. The van der Waals surface area contributed by atoms with E-state index in [9.17, 15) is 0 Å². The summed E-state index contributed by atoms with van der Waals surface area (Å²) in [6.45, 7) is 2.34. The molecule has 1 saturated heterocycles. The molecule has 1 N–H and O–H groups in total. The van der Waals surface area contributed by atoms with Gasteiger partial charge in [-0.15, -0.1) is 0 Å². The standard InChI is InChI=1S/C13H17N3/c1-4-12(9-11-3-2-6-14-10-11)16-8-7-15-13(16)5-1/h1,4-5,7-8,11,14H,2-3,6,9-10H2. The highest BCUT2D eigenvalue weighted by Gasteiger charge is 2.14. The van der Waals surface area contributed by atoms with Gasteiger partial charge in [0.1, 0.15) is 5.65 Å². The number of piperidine rings is 1. The van der Waals surface area contributed by atoms with Crippen molar-refractivity contribution in [1.29, 1.82) is 0 Å². The van der Waals surface area contributed by atoms with E-state index in [1.165, 1.54) is 25.1 Å². The van der Waals surface area contributed by atoms with E-state index in [0.717, 1.165) is 24.5 Å². The molecule has 84 valence electrons. The molecule has 3 rings (SSSR count). The number of hydrogen-bond donors (Lipinski definition) is 1. The van der Waals surface area contributed by atoms with E-state index >= 15 is 0 Å². The number of imidazole rings is 1. The van der Waals surface area contributed by atoms with Crippen molar-refractivity contribution in [2.75, 3.05) is 13.1 Å². The second-order valence-electron chi connectivity index (χ2n) is 4.59. The van der Waals surface area contributed by atoms with Crippen LogP contribution in [0.1, 0.15) is 18.5 Å². The fourth-order valence-electron chi connectivity index (χ4n) is 2.57. The van der Waals surface area contributed by atoms with E-state index in [1.54, 1.807) is 0 Å². The Morgan fingerprint density at radius 1 is 1.44 bits per heavy atom. The van der Waals surface area contributed by atoms with Crippen molar-refractivity contribution in [2.24, 2.45) is 5.92 Å². The summed E-state index contributed by atoms with van der Waals surface area (Å²) in [5.74, 6) is 0.779. The summed E-state index contributed by atoms with van der Waals surface area (Å²) in [6, 6.07) is 6.37. The van der Waals surface area contributed by atoms with E-state index < -0.39 is 0 Å². The van der Waals surface area contributed by atoms with Crippen molar-refractivity contribution in [2.45, 2.75) is 19.3 Å². The molecule has 0 aliphatic carbocycles. The van der Waals surface area contributed by atoms with Crippen LogP contribution in [-0.4, -0.2) is 22.5 Å². The minimum absolute atomic E-state index is 0.779. The molecule has 1 aliphatic rings. The number of pyridine rings is 1. The van der Waals surface area contributed by atoms with Crippen LogP contribution in [0, 0.1) is 5.92 Å². The molecular formula is C13H17N3. The molecule has 2 aromatic heterocycles. The lowest BCUT2D eigenvalue weighted by Gasteiger charge is -2.23. The van der Waals surface area contributed by atoms with Crippen molar-refractivity contribution >= 4 is 5.65 Å². The van der Waals surface area contributed by atoms with Gasteiger partial charge < -0.3 is 9.72 Å². The third-order valence-corrected chi connectivity index (χ3v) is 3.41. The molecule has 3 heteroatoms. The normalized spacial score (nSPS) is 21.4. The lowest BCUT2D eigenvalue weighted by atomic mass is 9.94. The van der Waals surface area contributed by atoms with E-state index in [0.29, 0.717) is 0 Å². The van der Waals surface area contributed by atoms with Crippen LogP contribution in [0.2, 0.25) is 0 Å². The van der Waals surface area contributed by atoms with Crippen molar-refractivity contribution < 1.29 is 0 Å². The van der Waals surface area contributed by atoms with Gasteiger partial charge in [0.2, 0.25) is 0 Å². The Morgan fingerprint density at radius 3 is 3.31 bits per heavy atom. The van der Waals surface area contributed by atoms with Gasteiger partial charge in [-0.25, -0.2) is 4.98 Å². The van der Waals surface area contributed by atoms with Crippen LogP contribution in [-0.2, 0) is 6.42 Å². The second kappa shape index (κ2) is 4.26. The summed E-state index contributed by atoms with van der Waals surface area (Å²) < 4.78 is 2.20. The minimum atomic E-state index is 0.779. The van der Waals surface area contributed by atoms with Crippen molar-refractivity contribution in [3.05, 3.63) is 36.3 Å². The molecule has 0 bridgehead atoms. The number of fused-ring (bicyclic) bond motifs is 1. The molecule has 1 aliphatic heterocycles. The lowest BCUT2D eigenvalue weighted by molar-refractivity contribution is 0.373. The highest BCUT2D eigenvalue weighted by Crippen LogP contribution is 2.17. The maximum atomic E-state index is 4.32. The highest BCUT2D eigenvalue weighted by molar-refractivity contribution is 5.39. The molecular weight excluding hydrogens is 198 g/mol. The fourth-order valence-corrected chi connectivity index (χ4v) is 2.57. The average Bonchev–Trinajstić information content (AvgIpc) is 2.80. The van der Waals surface area contributed by atoms with Gasteiger partial charge in [-0.3, -0.25) is 0 Å². The highest BCUT2D eigenvalue weighted by atomic mass is 15.0. The Bertz CT molecular complexity index is 469. The van der Waals surface area contributed by atoms with E-state index in [4.69, 9.17) is 0 Å². The smallest absolute Gasteiger partial charge is 0.136 e. The van der Waals surface area contributed by atoms with Crippen LogP contribution < -0.4 is 5.32 Å². The van der Waals surface area contributed by atoms with Crippen LogP contribution in [0.25, 0.3) is 5.65 Å². The van der Waals surface area contributed by atoms with Crippen molar-refractivity contribution in [3.63, 3.8) is 0 Å². The van der Waals surface area contributed by atoms with Gasteiger partial charge in [-0.2, -0.15) is 0 Å². The molecule has 3 nitrogen and oxygen atoms in total. The molecule has 0 aromatic carbocycles. The van der Waals surface area contributed by atoms with Crippen molar-refractivity contribution in [3.8, 4) is 0 Å². The van der Waals surface area contributed by atoms with Gasteiger partial charge in [0.15, 0.2) is 0 Å². The average molecular weight is 215 g/mol. The number of hydrogen-bond acceptors (Lipinski definition) is 2. The summed E-state index contributed by atoms with van der Waals surface area (Å²) >= 11 is 0. The minimum Gasteiger partial charge on any atom is -0.316 e. The molecule has 0 radical (unpaired) electrons. The summed E-state index contributed by atoms with van der Waals surface area (Å²) in [6.07, 6.45) is 7.74. The Balaban J connectivity index is 1.85. The molecule has 0 spiro atoms. The summed E-state index contributed by atoms with van der Waals surface area (Å²) in [5.41, 5.74) is 2.44. The zero-order valence-electron chi connectivity index (χ0n) is 9.39. The quantitative estimate of drug-likeness (QED) is 0.828. The second-order valence-corrected chi connectivity index (χ2v) is 4.59. The van der Waals surface area contributed by atoms with E-state index in [2.05, 4.69) is 39.1 Å². The topological polar surface area (TPSA) is 29.3 Å². The Hall–Kier alpha value is -1.35. The summed E-state index contributed by atoms with van der Waals surface area (Å²) in [7, 11) is 0. The van der Waals surface area contributed by atoms with Gasteiger partial charge in [0.05, 0.1) is 0 Å². The van der Waals surface area contributed by atoms with Gasteiger partial charge in [0.25, 0.3) is 0 Å². The van der Waals surface area contributed by atoms with Crippen LogP contribution in [0.4, 0.5) is 0 Å². The first-order chi connectivity index (χ1) is 7.93. The predicted molar refractivity (Wildman–Crippen MR) is 64.5 cm³/mol. The molecule has 1 atom stereocenters. The van der Waals surface area contributed by atoms with E-state index in [-0.39, 0.29) is 0 Å². The zero-order valence-corrected chi connectivity index (χ0v) is 9.39. The molecule has 0 saturated carbocycles. The molecule has 2 aromatic rings. The Labute approximate surface area is 95.5 Å². The number of rotatable bonds is 2. The van der Waals surface area contributed by atoms with Gasteiger partial charge in [-0.1, -0.05) is 6.07 Å². The van der Waals surface area contributed by atoms with Gasteiger partial charge in [-0.05, 0) is 50.4 Å².